The highest BCUT2D eigenvalue weighted by Gasteiger charge is 2.48. The Kier molecular flexibility index (Phi) is 8.71. The molecule has 2 N–H and O–H groups in total. The number of imide groups is 1. The summed E-state index contributed by atoms with van der Waals surface area (Å²) < 4.78 is 26.5. The molecule has 0 aliphatic carbocycles. The number of sulfonamides is 1. The summed E-state index contributed by atoms with van der Waals surface area (Å²) >= 11 is 0. The van der Waals surface area contributed by atoms with Crippen molar-refractivity contribution in [1.29, 1.82) is 0 Å². The molecule has 2 fully saturated rings. The number of carbonyl (C=O) groups is 3. The molecule has 0 saturated carbocycles. The van der Waals surface area contributed by atoms with Crippen molar-refractivity contribution in [2.24, 2.45) is 0 Å². The second-order valence-corrected chi connectivity index (χ2v) is 12.3. The Morgan fingerprint density at radius 1 is 1.17 bits per heavy atom. The number of hydrogen-bond acceptors (Lipinski definition) is 9. The third-order valence-electron chi connectivity index (χ3n) is 7.31. The number of carboxylic acids is 1. The van der Waals surface area contributed by atoms with Crippen LogP contribution in [0.5, 0.6) is 0 Å². The van der Waals surface area contributed by atoms with Crippen molar-refractivity contribution in [3.63, 3.8) is 0 Å². The first-order chi connectivity index (χ1) is 19.4. The van der Waals surface area contributed by atoms with Gasteiger partial charge >= 0.3 is 12.0 Å². The van der Waals surface area contributed by atoms with E-state index in [2.05, 4.69) is 15.3 Å². The molecule has 2 atom stereocenters. The first kappa shape index (κ1) is 30.0. The second-order valence-electron chi connectivity index (χ2n) is 10.4. The molecule has 2 aliphatic rings. The molecule has 4 rings (SSSR count). The number of amides is 3. The van der Waals surface area contributed by atoms with E-state index in [9.17, 15) is 27.9 Å². The highest BCUT2D eigenvalue weighted by molar-refractivity contribution is 7.92. The van der Waals surface area contributed by atoms with E-state index in [-0.39, 0.29) is 29.9 Å². The van der Waals surface area contributed by atoms with Crippen molar-refractivity contribution in [3.05, 3.63) is 36.0 Å². The van der Waals surface area contributed by atoms with Gasteiger partial charge in [-0.05, 0) is 58.2 Å². The monoisotopic (exact) mass is 587 g/mol. The lowest BCUT2D eigenvalue weighted by molar-refractivity contribution is -0.137. The Labute approximate surface area is 240 Å². The van der Waals surface area contributed by atoms with Crippen molar-refractivity contribution in [2.75, 3.05) is 45.3 Å². The Morgan fingerprint density at radius 2 is 1.83 bits per heavy atom. The van der Waals surface area contributed by atoms with Crippen molar-refractivity contribution in [1.82, 2.24) is 14.9 Å². The summed E-state index contributed by atoms with van der Waals surface area (Å²) in [5, 5.41) is 13.1. The number of hydrogen-bond donors (Lipinski definition) is 2. The van der Waals surface area contributed by atoms with E-state index < -0.39 is 34.1 Å². The number of urea groups is 1. The minimum Gasteiger partial charge on any atom is -0.480 e. The quantitative estimate of drug-likeness (QED) is 0.354. The smallest absolute Gasteiger partial charge is 0.332 e. The molecule has 222 valence electrons. The van der Waals surface area contributed by atoms with Gasteiger partial charge in [0, 0.05) is 32.1 Å². The third kappa shape index (κ3) is 6.06. The van der Waals surface area contributed by atoms with Gasteiger partial charge in [0.05, 0.1) is 18.1 Å². The molecule has 0 unspecified atom stereocenters. The number of aromatic nitrogens is 2. The topological polar surface area (TPSA) is 156 Å². The van der Waals surface area contributed by atoms with Gasteiger partial charge < -0.3 is 20.2 Å². The predicted octanol–water partition coefficient (Wildman–Crippen LogP) is 2.54. The lowest BCUT2D eigenvalue weighted by atomic mass is 10.0. The lowest BCUT2D eigenvalue weighted by Crippen LogP contribution is -2.39. The van der Waals surface area contributed by atoms with Crippen LogP contribution in [0.1, 0.15) is 46.1 Å². The van der Waals surface area contributed by atoms with E-state index in [0.717, 1.165) is 17.0 Å². The zero-order chi connectivity index (χ0) is 30.1. The Hall–Kier alpha value is -3.94. The van der Waals surface area contributed by atoms with Crippen LogP contribution in [0.15, 0.2) is 30.5 Å². The average Bonchev–Trinajstić information content (AvgIpc) is 3.48. The van der Waals surface area contributed by atoms with Gasteiger partial charge in [0.15, 0.2) is 5.82 Å². The number of benzene rings is 1. The molecule has 0 radical (unpaired) electrons. The number of anilines is 4. The number of nitrogens with zero attached hydrogens (tertiary/aromatic N) is 6. The first-order valence-electron chi connectivity index (χ1n) is 13.7. The minimum absolute atomic E-state index is 0.0247. The number of carboxylic acid groups (broad SMARTS) is 1. The van der Waals surface area contributed by atoms with Crippen LogP contribution in [0, 0.1) is 0 Å². The summed E-state index contributed by atoms with van der Waals surface area (Å²) in [6.45, 7) is 9.04. The normalized spacial score (nSPS) is 17.7. The van der Waals surface area contributed by atoms with Crippen molar-refractivity contribution in [3.8, 4) is 0 Å². The fourth-order valence-electron chi connectivity index (χ4n) is 5.38. The summed E-state index contributed by atoms with van der Waals surface area (Å²) in [5.41, 5.74) is 1.21. The minimum atomic E-state index is -3.74. The molecular weight excluding hydrogens is 550 g/mol. The largest absolute Gasteiger partial charge is 0.480 e. The van der Waals surface area contributed by atoms with Gasteiger partial charge in [-0.1, -0.05) is 12.1 Å². The molecule has 1 aromatic heterocycles. The van der Waals surface area contributed by atoms with Gasteiger partial charge in [-0.3, -0.25) is 9.10 Å². The van der Waals surface area contributed by atoms with Crippen LogP contribution in [0.3, 0.4) is 0 Å². The van der Waals surface area contributed by atoms with Crippen LogP contribution in [0.25, 0.3) is 0 Å². The van der Waals surface area contributed by atoms with Crippen molar-refractivity contribution in [2.45, 2.75) is 65.1 Å². The first-order valence-corrected chi connectivity index (χ1v) is 15.6. The number of rotatable bonds is 12. The molecule has 0 spiro atoms. The fourth-order valence-corrected chi connectivity index (χ4v) is 6.63. The van der Waals surface area contributed by atoms with E-state index in [1.54, 1.807) is 43.0 Å². The van der Waals surface area contributed by atoms with Crippen molar-refractivity contribution >= 4 is 51.1 Å². The van der Waals surface area contributed by atoms with Gasteiger partial charge in [0.25, 0.3) is 5.91 Å². The van der Waals surface area contributed by atoms with E-state index in [1.165, 1.54) is 11.1 Å². The van der Waals surface area contributed by atoms with Crippen LogP contribution in [-0.4, -0.2) is 90.3 Å². The Balaban J connectivity index is 1.62. The second kappa shape index (κ2) is 11.9. The molecule has 0 bridgehead atoms. The van der Waals surface area contributed by atoms with E-state index in [0.29, 0.717) is 43.3 Å². The summed E-state index contributed by atoms with van der Waals surface area (Å²) in [5.74, 6) is -0.985. The number of nitrogens with one attached hydrogen (secondary N) is 1. The standard InChI is InChI=1S/C27H37N7O6S/c1-6-31(7-2)26-28-16-22(34(17(3)4)41(5,39)40)23(30-26)29-20(25(36)37)15-18-10-12-19(13-11-18)33-24(35)21-9-8-14-32(21)27(33)38/h10-13,16-17,20-21H,6-9,14-15H2,1-5H3,(H,36,37)(H,28,29,30)/t20-,21-/m0/s1. The predicted molar refractivity (Wildman–Crippen MR) is 156 cm³/mol. The summed E-state index contributed by atoms with van der Waals surface area (Å²) in [4.78, 5) is 51.5. The molecular formula is C27H37N7O6S. The van der Waals surface area contributed by atoms with Gasteiger partial charge in [0.2, 0.25) is 16.0 Å². The van der Waals surface area contributed by atoms with Crippen molar-refractivity contribution < 1.29 is 27.9 Å². The average molecular weight is 588 g/mol. The van der Waals surface area contributed by atoms with E-state index in [1.807, 2.05) is 18.7 Å². The maximum atomic E-state index is 12.8. The third-order valence-corrected chi connectivity index (χ3v) is 8.64. The van der Waals surface area contributed by atoms with Gasteiger partial charge in [0.1, 0.15) is 17.8 Å². The number of carbonyl (C=O) groups excluding carboxylic acids is 2. The molecule has 41 heavy (non-hydrogen) atoms. The number of aliphatic carboxylic acids is 1. The van der Waals surface area contributed by atoms with Crippen LogP contribution < -0.4 is 19.4 Å². The van der Waals surface area contributed by atoms with Crippen LogP contribution in [0.4, 0.5) is 27.9 Å². The lowest BCUT2D eigenvalue weighted by Gasteiger charge is -2.29. The highest BCUT2D eigenvalue weighted by Crippen LogP contribution is 2.32. The zero-order valence-electron chi connectivity index (χ0n) is 23.9. The summed E-state index contributed by atoms with van der Waals surface area (Å²) in [7, 11) is -3.74. The SMILES string of the molecule is CCN(CC)c1ncc(N(C(C)C)S(C)(=O)=O)c(N[C@@H](Cc2ccc(N3C(=O)[C@@H]4CCCN4C3=O)cc2)C(=O)O)n1. The molecule has 2 saturated heterocycles. The highest BCUT2D eigenvalue weighted by atomic mass is 32.2. The van der Waals surface area contributed by atoms with Gasteiger partial charge in [-0.2, -0.15) is 4.98 Å². The Morgan fingerprint density at radius 3 is 2.37 bits per heavy atom. The van der Waals surface area contributed by atoms with Gasteiger partial charge in [-0.15, -0.1) is 0 Å². The van der Waals surface area contributed by atoms with Crippen LogP contribution in [-0.2, 0) is 26.0 Å². The molecule has 2 aromatic rings. The summed E-state index contributed by atoms with van der Waals surface area (Å²) in [6, 6.07) is 4.21. The maximum Gasteiger partial charge on any atom is 0.332 e. The molecule has 2 aliphatic heterocycles. The maximum absolute atomic E-state index is 12.8. The fraction of sp³-hybridized carbons (Fsp3) is 0.519. The van der Waals surface area contributed by atoms with E-state index in [4.69, 9.17) is 0 Å². The Bertz CT molecular complexity index is 1390. The molecule has 3 heterocycles. The number of fused-ring (bicyclic) bond motifs is 1. The van der Waals surface area contributed by atoms with Gasteiger partial charge in [-0.25, -0.2) is 27.9 Å². The zero-order valence-corrected chi connectivity index (χ0v) is 24.8. The summed E-state index contributed by atoms with van der Waals surface area (Å²) in [6.07, 6.45) is 3.96. The molecule has 1 aromatic carbocycles. The molecule has 13 nitrogen and oxygen atoms in total. The van der Waals surface area contributed by atoms with Crippen LogP contribution >= 0.6 is 0 Å². The molecule has 14 heteroatoms. The van der Waals surface area contributed by atoms with Crippen LogP contribution in [0.2, 0.25) is 0 Å². The van der Waals surface area contributed by atoms with E-state index >= 15 is 0 Å². The molecule has 3 amide bonds.